The van der Waals surface area contributed by atoms with Gasteiger partial charge >= 0.3 is 0 Å². The summed E-state index contributed by atoms with van der Waals surface area (Å²) >= 11 is 1.71. The van der Waals surface area contributed by atoms with E-state index in [2.05, 4.69) is 53.5 Å². The van der Waals surface area contributed by atoms with Crippen molar-refractivity contribution < 1.29 is 4.74 Å². The quantitative estimate of drug-likeness (QED) is 0.653. The van der Waals surface area contributed by atoms with Gasteiger partial charge in [0.15, 0.2) is 5.96 Å². The molecular weight excluding hydrogens is 332 g/mol. The summed E-state index contributed by atoms with van der Waals surface area (Å²) < 4.78 is 5.20. The van der Waals surface area contributed by atoms with Crippen molar-refractivity contribution in [1.29, 1.82) is 0 Å². The molecule has 6 heteroatoms. The Hall–Kier alpha value is -2.08. The van der Waals surface area contributed by atoms with Crippen molar-refractivity contribution in [2.24, 2.45) is 4.99 Å². The lowest BCUT2D eigenvalue weighted by Gasteiger charge is -2.22. The predicted molar refractivity (Wildman–Crippen MR) is 105 cm³/mol. The SMILES string of the molecule is CN=C(NCc1csc(C(C)(C)C)n1)N(C)Cc1ccc(OC)cc1. The number of guanidine groups is 1. The molecular formula is C19H28N4OS. The maximum atomic E-state index is 5.20. The lowest BCUT2D eigenvalue weighted by atomic mass is 9.98. The van der Waals surface area contributed by atoms with E-state index in [1.807, 2.05) is 19.2 Å². The lowest BCUT2D eigenvalue weighted by molar-refractivity contribution is 0.414. The second kappa shape index (κ2) is 8.34. The summed E-state index contributed by atoms with van der Waals surface area (Å²) in [5, 5.41) is 6.66. The average Bonchev–Trinajstić information content (AvgIpc) is 3.05. The first kappa shape index (κ1) is 19.2. The molecule has 0 aliphatic rings. The molecule has 0 atom stereocenters. The second-order valence-electron chi connectivity index (χ2n) is 7.00. The molecule has 2 aromatic rings. The summed E-state index contributed by atoms with van der Waals surface area (Å²) in [6.07, 6.45) is 0. The van der Waals surface area contributed by atoms with Crippen LogP contribution in [0.1, 0.15) is 37.0 Å². The van der Waals surface area contributed by atoms with E-state index in [-0.39, 0.29) is 5.41 Å². The molecule has 0 bridgehead atoms. The smallest absolute Gasteiger partial charge is 0.194 e. The largest absolute Gasteiger partial charge is 0.497 e. The van der Waals surface area contributed by atoms with Crippen molar-refractivity contribution in [3.63, 3.8) is 0 Å². The minimum absolute atomic E-state index is 0.0930. The van der Waals surface area contributed by atoms with Gasteiger partial charge < -0.3 is 15.0 Å². The van der Waals surface area contributed by atoms with E-state index in [0.717, 1.165) is 29.0 Å². The van der Waals surface area contributed by atoms with Gasteiger partial charge in [-0.05, 0) is 17.7 Å². The fourth-order valence-corrected chi connectivity index (χ4v) is 3.27. The van der Waals surface area contributed by atoms with E-state index in [1.54, 1.807) is 25.5 Å². The third kappa shape index (κ3) is 5.46. The maximum absolute atomic E-state index is 5.20. The maximum Gasteiger partial charge on any atom is 0.194 e. The molecule has 0 spiro atoms. The van der Waals surface area contributed by atoms with Crippen molar-refractivity contribution in [2.45, 2.75) is 39.3 Å². The Kier molecular flexibility index (Phi) is 6.42. The highest BCUT2D eigenvalue weighted by molar-refractivity contribution is 7.09. The Labute approximate surface area is 154 Å². The van der Waals surface area contributed by atoms with Crippen molar-refractivity contribution in [3.05, 3.63) is 45.9 Å². The van der Waals surface area contributed by atoms with E-state index in [9.17, 15) is 0 Å². The van der Waals surface area contributed by atoms with Crippen LogP contribution < -0.4 is 10.1 Å². The van der Waals surface area contributed by atoms with Gasteiger partial charge in [0, 0.05) is 31.4 Å². The predicted octanol–water partition coefficient (Wildman–Crippen LogP) is 3.66. The van der Waals surface area contributed by atoms with Crippen LogP contribution in [-0.2, 0) is 18.5 Å². The summed E-state index contributed by atoms with van der Waals surface area (Å²) in [6.45, 7) is 8.00. The number of benzene rings is 1. The summed E-state index contributed by atoms with van der Waals surface area (Å²) in [6, 6.07) is 8.09. The number of nitrogens with one attached hydrogen (secondary N) is 1. The Balaban J connectivity index is 1.93. The molecule has 0 saturated carbocycles. The van der Waals surface area contributed by atoms with Crippen LogP contribution in [0.15, 0.2) is 34.6 Å². The minimum atomic E-state index is 0.0930. The van der Waals surface area contributed by atoms with Crippen LogP contribution in [0, 0.1) is 0 Å². The summed E-state index contributed by atoms with van der Waals surface area (Å²) in [4.78, 5) is 11.2. The van der Waals surface area contributed by atoms with Gasteiger partial charge in [0.1, 0.15) is 5.75 Å². The molecule has 0 saturated heterocycles. The van der Waals surface area contributed by atoms with Crippen LogP contribution >= 0.6 is 11.3 Å². The van der Waals surface area contributed by atoms with Gasteiger partial charge in [-0.1, -0.05) is 32.9 Å². The van der Waals surface area contributed by atoms with E-state index < -0.39 is 0 Å². The zero-order valence-electron chi connectivity index (χ0n) is 16.0. The highest BCUT2D eigenvalue weighted by Gasteiger charge is 2.18. The number of rotatable bonds is 5. The first-order valence-electron chi connectivity index (χ1n) is 8.33. The van der Waals surface area contributed by atoms with E-state index in [0.29, 0.717) is 6.54 Å². The first-order chi connectivity index (χ1) is 11.8. The molecule has 0 radical (unpaired) electrons. The standard InChI is InChI=1S/C19H28N4OS/c1-19(2,3)17-22-15(13-25-17)11-21-18(20-4)23(5)12-14-7-9-16(24-6)10-8-14/h7-10,13H,11-12H2,1-6H3,(H,20,21). The van der Waals surface area contributed by atoms with E-state index in [1.165, 1.54) is 5.56 Å². The van der Waals surface area contributed by atoms with Crippen LogP contribution in [0.2, 0.25) is 0 Å². The molecule has 5 nitrogen and oxygen atoms in total. The number of hydrogen-bond donors (Lipinski definition) is 1. The minimum Gasteiger partial charge on any atom is -0.497 e. The number of aliphatic imine (C=N–C) groups is 1. The summed E-state index contributed by atoms with van der Waals surface area (Å²) in [7, 11) is 5.51. The Morgan fingerprint density at radius 2 is 1.96 bits per heavy atom. The molecule has 0 aliphatic heterocycles. The average molecular weight is 361 g/mol. The van der Waals surface area contributed by atoms with Crippen molar-refractivity contribution in [1.82, 2.24) is 15.2 Å². The second-order valence-corrected chi connectivity index (χ2v) is 7.86. The van der Waals surface area contributed by atoms with Gasteiger partial charge in [0.2, 0.25) is 0 Å². The van der Waals surface area contributed by atoms with Crippen LogP contribution in [0.5, 0.6) is 5.75 Å². The Morgan fingerprint density at radius 3 is 2.48 bits per heavy atom. The number of nitrogens with zero attached hydrogens (tertiary/aromatic N) is 3. The number of aromatic nitrogens is 1. The van der Waals surface area contributed by atoms with E-state index >= 15 is 0 Å². The zero-order valence-corrected chi connectivity index (χ0v) is 16.8. The number of methoxy groups -OCH3 is 1. The van der Waals surface area contributed by atoms with Crippen LogP contribution in [-0.4, -0.2) is 37.0 Å². The molecule has 0 aliphatic carbocycles. The highest BCUT2D eigenvalue weighted by Crippen LogP contribution is 2.25. The van der Waals surface area contributed by atoms with Gasteiger partial charge in [0.05, 0.1) is 24.4 Å². The molecule has 1 aromatic heterocycles. The molecule has 136 valence electrons. The highest BCUT2D eigenvalue weighted by atomic mass is 32.1. The summed E-state index contributed by atoms with van der Waals surface area (Å²) in [5.41, 5.74) is 2.35. The van der Waals surface area contributed by atoms with Crippen molar-refractivity contribution in [2.75, 3.05) is 21.2 Å². The van der Waals surface area contributed by atoms with Crippen LogP contribution in [0.25, 0.3) is 0 Å². The number of thiazole rings is 1. The molecule has 1 N–H and O–H groups in total. The molecule has 2 rings (SSSR count). The topological polar surface area (TPSA) is 49.8 Å². The van der Waals surface area contributed by atoms with Gasteiger partial charge in [-0.2, -0.15) is 0 Å². The normalized spacial score (nSPS) is 12.2. The third-order valence-electron chi connectivity index (χ3n) is 3.77. The Bertz CT molecular complexity index is 701. The van der Waals surface area contributed by atoms with Gasteiger partial charge in [-0.15, -0.1) is 11.3 Å². The molecule has 1 heterocycles. The molecule has 0 amide bonds. The lowest BCUT2D eigenvalue weighted by Crippen LogP contribution is -2.38. The fourth-order valence-electron chi connectivity index (χ4n) is 2.37. The van der Waals surface area contributed by atoms with Gasteiger partial charge in [0.25, 0.3) is 0 Å². The van der Waals surface area contributed by atoms with Gasteiger partial charge in [-0.3, -0.25) is 4.99 Å². The zero-order chi connectivity index (χ0) is 18.4. The number of ether oxygens (including phenoxy) is 1. The molecule has 25 heavy (non-hydrogen) atoms. The van der Waals surface area contributed by atoms with Crippen molar-refractivity contribution >= 4 is 17.3 Å². The van der Waals surface area contributed by atoms with Crippen LogP contribution in [0.3, 0.4) is 0 Å². The monoisotopic (exact) mass is 360 g/mol. The van der Waals surface area contributed by atoms with Crippen molar-refractivity contribution in [3.8, 4) is 5.75 Å². The first-order valence-corrected chi connectivity index (χ1v) is 9.21. The molecule has 1 aromatic carbocycles. The van der Waals surface area contributed by atoms with Crippen LogP contribution in [0.4, 0.5) is 0 Å². The molecule has 0 unspecified atom stereocenters. The molecule has 0 fully saturated rings. The number of hydrogen-bond acceptors (Lipinski definition) is 4. The third-order valence-corrected chi connectivity index (χ3v) is 5.09. The summed E-state index contributed by atoms with van der Waals surface area (Å²) in [5.74, 6) is 1.72. The van der Waals surface area contributed by atoms with Gasteiger partial charge in [-0.25, -0.2) is 4.98 Å². The Morgan fingerprint density at radius 1 is 1.28 bits per heavy atom. The van der Waals surface area contributed by atoms with E-state index in [4.69, 9.17) is 9.72 Å². The fraction of sp³-hybridized carbons (Fsp3) is 0.474.